The molecule has 1 saturated heterocycles. The monoisotopic (exact) mass is 250 g/mol. The number of likely N-dealkylation sites (tertiary alicyclic amines) is 1. The first-order valence-corrected chi connectivity index (χ1v) is 6.05. The zero-order valence-corrected chi connectivity index (χ0v) is 10.2. The molecule has 0 saturated carbocycles. The molecule has 1 aliphatic rings. The van der Waals surface area contributed by atoms with Crippen molar-refractivity contribution < 1.29 is 14.0 Å². The van der Waals surface area contributed by atoms with Crippen molar-refractivity contribution in [2.24, 2.45) is 5.92 Å². The standard InChI is InChI=1S/C13H15FN2O2/c1-2-9-8-16(6-4-12(9)17)13(18)10-3-5-15-7-11(10)14/h3,5,7,9H,2,4,6,8H2,1H3. The number of rotatable bonds is 2. The van der Waals surface area contributed by atoms with E-state index in [4.69, 9.17) is 0 Å². The first kappa shape index (κ1) is 12.7. The molecular formula is C13H15FN2O2. The predicted octanol–water partition coefficient (Wildman–Crippen LogP) is 1.66. The van der Waals surface area contributed by atoms with Gasteiger partial charge in [0.25, 0.3) is 5.91 Å². The Morgan fingerprint density at radius 1 is 1.61 bits per heavy atom. The number of aromatic nitrogens is 1. The SMILES string of the molecule is CCC1CN(C(=O)c2ccncc2F)CCC1=O. The maximum Gasteiger partial charge on any atom is 0.256 e. The topological polar surface area (TPSA) is 50.3 Å². The molecule has 0 radical (unpaired) electrons. The van der Waals surface area contributed by atoms with Crippen LogP contribution in [0.15, 0.2) is 18.5 Å². The molecule has 1 aliphatic heterocycles. The van der Waals surface area contributed by atoms with Gasteiger partial charge in [-0.15, -0.1) is 0 Å². The molecule has 0 bridgehead atoms. The lowest BCUT2D eigenvalue weighted by Gasteiger charge is -2.31. The number of halogens is 1. The van der Waals surface area contributed by atoms with Gasteiger partial charge < -0.3 is 4.90 Å². The highest BCUT2D eigenvalue weighted by Gasteiger charge is 2.29. The molecule has 0 N–H and O–H groups in total. The number of Topliss-reactive ketones (excluding diaryl/α,β-unsaturated/α-hetero) is 1. The Bertz CT molecular complexity index is 476. The number of piperidine rings is 1. The van der Waals surface area contributed by atoms with Crippen LogP contribution in [-0.2, 0) is 4.79 Å². The number of amides is 1. The summed E-state index contributed by atoms with van der Waals surface area (Å²) in [6.07, 6.45) is 3.49. The first-order valence-electron chi connectivity index (χ1n) is 6.05. The Hall–Kier alpha value is -1.78. The molecule has 2 rings (SSSR count). The number of nitrogens with zero attached hydrogens (tertiary/aromatic N) is 2. The molecule has 4 nitrogen and oxygen atoms in total. The van der Waals surface area contributed by atoms with Gasteiger partial charge in [0.15, 0.2) is 5.82 Å². The normalized spacial score (nSPS) is 20.0. The third kappa shape index (κ3) is 2.39. The average Bonchev–Trinajstić information content (AvgIpc) is 2.39. The van der Waals surface area contributed by atoms with Crippen molar-refractivity contribution >= 4 is 11.7 Å². The molecular weight excluding hydrogens is 235 g/mol. The Kier molecular flexibility index (Phi) is 3.69. The molecule has 1 aromatic rings. The molecule has 1 fully saturated rings. The van der Waals surface area contributed by atoms with Crippen molar-refractivity contribution in [2.75, 3.05) is 13.1 Å². The zero-order valence-electron chi connectivity index (χ0n) is 10.2. The van der Waals surface area contributed by atoms with Crippen LogP contribution in [0.3, 0.4) is 0 Å². The van der Waals surface area contributed by atoms with Crippen molar-refractivity contribution in [1.29, 1.82) is 0 Å². The van der Waals surface area contributed by atoms with E-state index in [1.807, 2.05) is 6.92 Å². The maximum atomic E-state index is 13.5. The summed E-state index contributed by atoms with van der Waals surface area (Å²) in [6, 6.07) is 1.37. The highest BCUT2D eigenvalue weighted by Crippen LogP contribution is 2.19. The zero-order chi connectivity index (χ0) is 13.1. The van der Waals surface area contributed by atoms with E-state index in [2.05, 4.69) is 4.98 Å². The third-order valence-electron chi connectivity index (χ3n) is 3.31. The summed E-state index contributed by atoms with van der Waals surface area (Å²) in [5.74, 6) is -0.905. The van der Waals surface area contributed by atoms with E-state index in [1.165, 1.54) is 12.3 Å². The fourth-order valence-corrected chi connectivity index (χ4v) is 2.17. The molecule has 1 aromatic heterocycles. The lowest BCUT2D eigenvalue weighted by atomic mass is 9.93. The summed E-state index contributed by atoms with van der Waals surface area (Å²) < 4.78 is 13.5. The molecule has 1 atom stereocenters. The number of carbonyl (C=O) groups excluding carboxylic acids is 2. The molecule has 1 unspecified atom stereocenters. The van der Waals surface area contributed by atoms with Crippen LogP contribution in [-0.4, -0.2) is 34.7 Å². The Morgan fingerprint density at radius 2 is 2.39 bits per heavy atom. The highest BCUT2D eigenvalue weighted by molar-refractivity contribution is 5.95. The van der Waals surface area contributed by atoms with Gasteiger partial charge in [-0.25, -0.2) is 4.39 Å². The van der Waals surface area contributed by atoms with Crippen LogP contribution in [0.2, 0.25) is 0 Å². The number of pyridine rings is 1. The minimum atomic E-state index is -0.618. The van der Waals surface area contributed by atoms with Crippen molar-refractivity contribution in [3.8, 4) is 0 Å². The molecule has 5 heteroatoms. The minimum Gasteiger partial charge on any atom is -0.337 e. The van der Waals surface area contributed by atoms with E-state index in [0.717, 1.165) is 6.20 Å². The summed E-state index contributed by atoms with van der Waals surface area (Å²) in [6.45, 7) is 2.68. The molecule has 1 amide bonds. The average molecular weight is 250 g/mol. The third-order valence-corrected chi connectivity index (χ3v) is 3.31. The van der Waals surface area contributed by atoms with Crippen LogP contribution in [0.1, 0.15) is 30.1 Å². The molecule has 0 aromatic carbocycles. The van der Waals surface area contributed by atoms with Crippen LogP contribution >= 0.6 is 0 Å². The summed E-state index contributed by atoms with van der Waals surface area (Å²) >= 11 is 0. The fourth-order valence-electron chi connectivity index (χ4n) is 2.17. The van der Waals surface area contributed by atoms with Crippen LogP contribution in [0.4, 0.5) is 4.39 Å². The second-order valence-electron chi connectivity index (χ2n) is 4.43. The first-order chi connectivity index (χ1) is 8.63. The summed E-state index contributed by atoms with van der Waals surface area (Å²) in [5, 5.41) is 0. The van der Waals surface area contributed by atoms with Gasteiger partial charge in [0.2, 0.25) is 0 Å². The Morgan fingerprint density at radius 3 is 3.06 bits per heavy atom. The maximum absolute atomic E-state index is 13.5. The fraction of sp³-hybridized carbons (Fsp3) is 0.462. The van der Waals surface area contributed by atoms with Gasteiger partial charge in [0.1, 0.15) is 5.78 Å². The van der Waals surface area contributed by atoms with E-state index in [-0.39, 0.29) is 23.2 Å². The Labute approximate surface area is 105 Å². The van der Waals surface area contributed by atoms with Gasteiger partial charge in [0.05, 0.1) is 11.8 Å². The van der Waals surface area contributed by atoms with Crippen LogP contribution in [0.5, 0.6) is 0 Å². The summed E-state index contributed by atoms with van der Waals surface area (Å²) in [5.41, 5.74) is 0.0224. The van der Waals surface area contributed by atoms with Crippen LogP contribution in [0, 0.1) is 11.7 Å². The Balaban J connectivity index is 2.15. The predicted molar refractivity (Wildman–Crippen MR) is 63.5 cm³/mol. The lowest BCUT2D eigenvalue weighted by Crippen LogP contribution is -2.44. The molecule has 0 spiro atoms. The van der Waals surface area contributed by atoms with Gasteiger partial charge in [-0.3, -0.25) is 14.6 Å². The van der Waals surface area contributed by atoms with Crippen molar-refractivity contribution in [3.05, 3.63) is 29.8 Å². The number of hydrogen-bond donors (Lipinski definition) is 0. The molecule has 0 aliphatic carbocycles. The second kappa shape index (κ2) is 5.25. The van der Waals surface area contributed by atoms with E-state index >= 15 is 0 Å². The lowest BCUT2D eigenvalue weighted by molar-refractivity contribution is -0.125. The van der Waals surface area contributed by atoms with Gasteiger partial charge in [-0.1, -0.05) is 6.92 Å². The summed E-state index contributed by atoms with van der Waals surface area (Å²) in [7, 11) is 0. The van der Waals surface area contributed by atoms with Crippen molar-refractivity contribution in [2.45, 2.75) is 19.8 Å². The van der Waals surface area contributed by atoms with Crippen molar-refractivity contribution in [3.63, 3.8) is 0 Å². The van der Waals surface area contributed by atoms with Crippen molar-refractivity contribution in [1.82, 2.24) is 9.88 Å². The van der Waals surface area contributed by atoms with Crippen LogP contribution in [0.25, 0.3) is 0 Å². The smallest absolute Gasteiger partial charge is 0.256 e. The summed E-state index contributed by atoms with van der Waals surface area (Å²) in [4.78, 5) is 28.9. The molecule has 2 heterocycles. The van der Waals surface area contributed by atoms with E-state index in [1.54, 1.807) is 4.90 Å². The highest BCUT2D eigenvalue weighted by atomic mass is 19.1. The van der Waals surface area contributed by atoms with Gasteiger partial charge >= 0.3 is 0 Å². The van der Waals surface area contributed by atoms with E-state index in [0.29, 0.717) is 25.9 Å². The van der Waals surface area contributed by atoms with Gasteiger partial charge in [0, 0.05) is 31.6 Å². The number of hydrogen-bond acceptors (Lipinski definition) is 3. The quantitative estimate of drug-likeness (QED) is 0.802. The molecule has 96 valence electrons. The number of ketones is 1. The number of carbonyl (C=O) groups is 2. The molecule has 18 heavy (non-hydrogen) atoms. The van der Waals surface area contributed by atoms with E-state index < -0.39 is 5.82 Å². The van der Waals surface area contributed by atoms with Gasteiger partial charge in [-0.05, 0) is 12.5 Å². The van der Waals surface area contributed by atoms with Gasteiger partial charge in [-0.2, -0.15) is 0 Å². The largest absolute Gasteiger partial charge is 0.337 e. The minimum absolute atomic E-state index is 0.0224. The van der Waals surface area contributed by atoms with Crippen LogP contribution < -0.4 is 0 Å². The van der Waals surface area contributed by atoms with E-state index in [9.17, 15) is 14.0 Å². The second-order valence-corrected chi connectivity index (χ2v) is 4.43.